The van der Waals surface area contributed by atoms with Gasteiger partial charge in [0.15, 0.2) is 11.9 Å². The average molecular weight is 1100 g/mol. The number of carbonyl (C=O) groups is 6. The van der Waals surface area contributed by atoms with E-state index in [1.807, 2.05) is 27.7 Å². The van der Waals surface area contributed by atoms with Crippen molar-refractivity contribution in [1.29, 1.82) is 5.26 Å². The lowest BCUT2D eigenvalue weighted by Crippen LogP contribution is -2.44. The molecule has 0 radical (unpaired) electrons. The predicted molar refractivity (Wildman–Crippen MR) is 290 cm³/mol. The topological polar surface area (TPSA) is 266 Å². The highest BCUT2D eigenvalue weighted by Crippen LogP contribution is 2.42. The van der Waals surface area contributed by atoms with E-state index in [0.717, 1.165) is 5.56 Å². The van der Waals surface area contributed by atoms with Gasteiger partial charge in [-0.25, -0.2) is 19.6 Å². The molecule has 0 aliphatic carbocycles. The van der Waals surface area contributed by atoms with Gasteiger partial charge in [0, 0.05) is 47.2 Å². The number of amides is 2. The van der Waals surface area contributed by atoms with Crippen molar-refractivity contribution in [3.63, 3.8) is 0 Å². The van der Waals surface area contributed by atoms with Crippen molar-refractivity contribution in [2.24, 2.45) is 17.8 Å². The number of rotatable bonds is 27. The summed E-state index contributed by atoms with van der Waals surface area (Å²) in [6, 6.07) is 14.8. The number of carbonyl (C=O) groups excluding carboxylic acids is 6. The number of nitrogens with one attached hydrogen (secondary N) is 2. The molecule has 0 aliphatic heterocycles. The fraction of sp³-hybridized carbons (Fsp3) is 0.500. The Kier molecular flexibility index (Phi) is 23.8. The van der Waals surface area contributed by atoms with E-state index in [0.29, 0.717) is 35.0 Å². The maximum Gasteiger partial charge on any atom is 0.408 e. The van der Waals surface area contributed by atoms with Crippen molar-refractivity contribution < 1.29 is 56.9 Å². The maximum absolute atomic E-state index is 13.3. The minimum atomic E-state index is -1.14. The number of alkyl carbamates (subject to hydrolysis) is 1. The van der Waals surface area contributed by atoms with Gasteiger partial charge in [-0.3, -0.25) is 24.0 Å². The van der Waals surface area contributed by atoms with Gasteiger partial charge >= 0.3 is 24.0 Å². The summed E-state index contributed by atoms with van der Waals surface area (Å²) in [5, 5.41) is 16.6. The van der Waals surface area contributed by atoms with Crippen LogP contribution in [0, 0.1) is 35.7 Å². The van der Waals surface area contributed by atoms with E-state index in [9.17, 15) is 34.0 Å². The summed E-state index contributed by atoms with van der Waals surface area (Å²) in [6.45, 7) is 25.1. The number of aromatic nitrogens is 2. The highest BCUT2D eigenvalue weighted by Gasteiger charge is 2.29. The fourth-order valence-corrected chi connectivity index (χ4v) is 8.58. The lowest BCUT2D eigenvalue weighted by molar-refractivity contribution is -0.161. The number of ketones is 1. The van der Waals surface area contributed by atoms with Crippen LogP contribution in [0.3, 0.4) is 0 Å². The molecule has 4 N–H and O–H groups in total. The van der Waals surface area contributed by atoms with E-state index in [-0.39, 0.29) is 102 Å². The summed E-state index contributed by atoms with van der Waals surface area (Å²) in [4.78, 5) is 90.5. The third kappa shape index (κ3) is 21.8. The number of halogens is 1. The molecule has 0 saturated carbocycles. The van der Waals surface area contributed by atoms with Crippen molar-refractivity contribution in [2.75, 3.05) is 25.5 Å². The molecule has 0 fully saturated rings. The average Bonchev–Trinajstić information content (AvgIpc) is 3.82. The standard InChI is InChI=1S/C56H70ClN7O12S/c1-33(2)25-37(27-47(68)75-55(5,6)7)51(69)61-24-23-45(66)72-31-41(74-46(67)14-12-13-44(65)43(26-34(3)4)63-54(70)76-56(8,9)10)30-71-40-21-17-35(18-22-40)48-42(28-58)53(64-50(59)49(48)60-11)77-32-39-29-73-52(62-39)36-15-19-38(57)20-16-36/h15-22,29,33-34,37,41,43H,12-14,23-27,30-32H2,1-10H3,(H2,59,64)(H,61,69)(H,63,70)/t37-,41+,43+/m1/s1. The van der Waals surface area contributed by atoms with Crippen LogP contribution in [0.2, 0.25) is 5.02 Å². The Morgan fingerprint density at radius 1 is 0.844 bits per heavy atom. The fourth-order valence-electron chi connectivity index (χ4n) is 7.58. The van der Waals surface area contributed by atoms with E-state index in [2.05, 4.69) is 31.5 Å². The Hall–Kier alpha value is -7.16. The number of oxazole rings is 1. The van der Waals surface area contributed by atoms with Gasteiger partial charge in [0.1, 0.15) is 53.3 Å². The first-order valence-electron chi connectivity index (χ1n) is 25.3. The zero-order valence-corrected chi connectivity index (χ0v) is 47.0. The van der Waals surface area contributed by atoms with Crippen molar-refractivity contribution in [3.05, 3.63) is 82.5 Å². The van der Waals surface area contributed by atoms with Gasteiger partial charge in [-0.2, -0.15) is 5.26 Å². The first-order chi connectivity index (χ1) is 36.2. The maximum atomic E-state index is 13.3. The van der Waals surface area contributed by atoms with E-state index in [1.165, 1.54) is 18.0 Å². The summed E-state index contributed by atoms with van der Waals surface area (Å²) >= 11 is 7.22. The number of hydrogen-bond acceptors (Lipinski definition) is 17. The lowest BCUT2D eigenvalue weighted by Gasteiger charge is -2.24. The number of benzene rings is 2. The lowest BCUT2D eigenvalue weighted by atomic mass is 9.93. The number of ether oxygens (including phenoxy) is 5. The van der Waals surface area contributed by atoms with Gasteiger partial charge in [-0.15, -0.1) is 0 Å². The van der Waals surface area contributed by atoms with Crippen LogP contribution in [0.1, 0.15) is 125 Å². The molecule has 2 amide bonds. The van der Waals surface area contributed by atoms with E-state index in [1.54, 1.807) is 90.1 Å². The summed E-state index contributed by atoms with van der Waals surface area (Å²) in [5.41, 5.74) is 6.92. The number of Topliss-reactive ketones (excluding diaryl/α,β-unsaturated/α-hetero) is 1. The van der Waals surface area contributed by atoms with Crippen molar-refractivity contribution in [2.45, 2.75) is 148 Å². The van der Waals surface area contributed by atoms with Crippen LogP contribution in [0.4, 0.5) is 16.3 Å². The second kappa shape index (κ2) is 29.4. The molecule has 0 unspecified atom stereocenters. The molecule has 2 aromatic heterocycles. The zero-order valence-electron chi connectivity index (χ0n) is 45.4. The second-order valence-electron chi connectivity index (χ2n) is 21.0. The van der Waals surface area contributed by atoms with Crippen LogP contribution >= 0.6 is 23.4 Å². The van der Waals surface area contributed by atoms with Crippen LogP contribution in [-0.2, 0) is 48.7 Å². The van der Waals surface area contributed by atoms with Gasteiger partial charge < -0.3 is 44.5 Å². The Bertz CT molecular complexity index is 2760. The molecule has 0 spiro atoms. The summed E-state index contributed by atoms with van der Waals surface area (Å²) in [7, 11) is 0. The van der Waals surface area contributed by atoms with Gasteiger partial charge in [-0.1, -0.05) is 63.2 Å². The number of thioether (sulfide) groups is 1. The summed E-state index contributed by atoms with van der Waals surface area (Å²) < 4.78 is 33.7. The molecule has 3 atom stereocenters. The largest absolute Gasteiger partial charge is 0.490 e. The number of nitriles is 1. The molecule has 4 rings (SSSR count). The monoisotopic (exact) mass is 1100 g/mol. The third-order valence-corrected chi connectivity index (χ3v) is 12.1. The number of hydrogen-bond donors (Lipinski definition) is 3. The Balaban J connectivity index is 1.46. The van der Waals surface area contributed by atoms with E-state index < -0.39 is 65.8 Å². The Morgan fingerprint density at radius 3 is 2.10 bits per heavy atom. The molecule has 19 nitrogen and oxygen atoms in total. The molecule has 0 aliphatic rings. The first-order valence-corrected chi connectivity index (χ1v) is 26.6. The molecular formula is C56H70ClN7O12S. The molecule has 414 valence electrons. The first kappa shape index (κ1) is 62.4. The molecule has 0 saturated heterocycles. The molecule has 4 aromatic rings. The smallest absolute Gasteiger partial charge is 0.408 e. The van der Waals surface area contributed by atoms with Crippen molar-refractivity contribution >= 4 is 70.6 Å². The Labute approximate surface area is 459 Å². The number of nitrogens with zero attached hydrogens (tertiary/aromatic N) is 4. The number of anilines is 1. The minimum absolute atomic E-state index is 0.0213. The third-order valence-electron chi connectivity index (χ3n) is 10.9. The molecule has 0 bridgehead atoms. The van der Waals surface area contributed by atoms with Gasteiger partial charge in [0.2, 0.25) is 17.5 Å². The number of pyridine rings is 1. The SMILES string of the molecule is [C-]#[N+]c1c(N)nc(SCc2coc(-c3ccc(Cl)cc3)n2)c(C#N)c1-c1ccc(OC[C@@H](COC(=O)CCNC(=O)[C@@H](CC(=O)OC(C)(C)C)CC(C)C)OC(=O)CCCC(=O)[C@H](CC(C)C)NC(=O)OC(C)(C)C)cc1. The van der Waals surface area contributed by atoms with Crippen LogP contribution in [0.5, 0.6) is 5.75 Å². The number of nitrogen functional groups attached to an aromatic ring is 1. The van der Waals surface area contributed by atoms with E-state index in [4.69, 9.17) is 52.0 Å². The predicted octanol–water partition coefficient (Wildman–Crippen LogP) is 10.8. The normalized spacial score (nSPS) is 12.6. The molecular weight excluding hydrogens is 1030 g/mol. The van der Waals surface area contributed by atoms with Crippen molar-refractivity contribution in [1.82, 2.24) is 20.6 Å². The van der Waals surface area contributed by atoms with Crippen molar-refractivity contribution in [3.8, 4) is 34.4 Å². The van der Waals surface area contributed by atoms with Crippen LogP contribution in [0.25, 0.3) is 27.4 Å². The zero-order chi connectivity index (χ0) is 57.0. The number of nitrogens with two attached hydrogens (primary N) is 1. The quantitative estimate of drug-likeness (QED) is 0.0217. The van der Waals surface area contributed by atoms with Crippen LogP contribution in [-0.4, -0.2) is 88.8 Å². The summed E-state index contributed by atoms with van der Waals surface area (Å²) in [6.07, 6.45) is -0.116. The Morgan fingerprint density at radius 2 is 1.49 bits per heavy atom. The molecule has 2 aromatic carbocycles. The van der Waals surface area contributed by atoms with Crippen LogP contribution in [0.15, 0.2) is 64.2 Å². The minimum Gasteiger partial charge on any atom is -0.490 e. The molecule has 2 heterocycles. The van der Waals surface area contributed by atoms with Gasteiger partial charge in [-0.05, 0) is 115 Å². The van der Waals surface area contributed by atoms with E-state index >= 15 is 0 Å². The summed E-state index contributed by atoms with van der Waals surface area (Å²) in [5.74, 6) is -2.29. The molecule has 21 heteroatoms. The van der Waals surface area contributed by atoms with Gasteiger partial charge in [0.05, 0.1) is 36.7 Å². The highest BCUT2D eigenvalue weighted by molar-refractivity contribution is 7.98. The highest BCUT2D eigenvalue weighted by atomic mass is 35.5. The van der Waals surface area contributed by atoms with Gasteiger partial charge in [0.25, 0.3) is 0 Å². The van der Waals surface area contributed by atoms with Crippen LogP contribution < -0.4 is 21.1 Å². The molecule has 77 heavy (non-hydrogen) atoms. The number of esters is 3. The second-order valence-corrected chi connectivity index (χ2v) is 22.4.